The van der Waals surface area contributed by atoms with Crippen molar-refractivity contribution in [2.24, 2.45) is 11.7 Å². The third-order valence-corrected chi connectivity index (χ3v) is 4.39. The number of halogens is 1. The molecule has 16 heavy (non-hydrogen) atoms. The van der Waals surface area contributed by atoms with Crippen molar-refractivity contribution in [2.45, 2.75) is 29.0 Å². The molecule has 4 heteroatoms. The molecule has 3 N–H and O–H groups in total. The van der Waals surface area contributed by atoms with Gasteiger partial charge >= 0.3 is 0 Å². The third kappa shape index (κ3) is 3.14. The number of nitrogens with two attached hydrogens (primary N) is 1. The van der Waals surface area contributed by atoms with Gasteiger partial charge < -0.3 is 10.8 Å². The van der Waals surface area contributed by atoms with Crippen LogP contribution in [0.5, 0.6) is 0 Å². The van der Waals surface area contributed by atoms with Gasteiger partial charge in [-0.2, -0.15) is 0 Å². The molecule has 0 saturated heterocycles. The summed E-state index contributed by atoms with van der Waals surface area (Å²) >= 11 is 7.54. The number of thioether (sulfide) groups is 1. The maximum atomic E-state index is 9.37. The zero-order valence-corrected chi connectivity index (χ0v) is 10.5. The second-order valence-corrected chi connectivity index (χ2v) is 5.96. The zero-order chi connectivity index (χ0) is 11.5. The number of aliphatic hydroxyl groups excluding tert-OH is 1. The van der Waals surface area contributed by atoms with Crippen LogP contribution in [0.1, 0.15) is 12.8 Å². The molecule has 1 aromatic carbocycles. The Hall–Kier alpha value is -0.220. The Morgan fingerprint density at radius 3 is 2.81 bits per heavy atom. The van der Waals surface area contributed by atoms with Crippen molar-refractivity contribution >= 4 is 23.4 Å². The predicted molar refractivity (Wildman–Crippen MR) is 68.9 cm³/mol. The van der Waals surface area contributed by atoms with Crippen molar-refractivity contribution < 1.29 is 5.11 Å². The van der Waals surface area contributed by atoms with E-state index in [1.54, 1.807) is 11.8 Å². The average Bonchev–Trinajstić information content (AvgIpc) is 3.09. The molecule has 0 amide bonds. The molecule has 0 spiro atoms. The van der Waals surface area contributed by atoms with Gasteiger partial charge in [0.15, 0.2) is 0 Å². The predicted octanol–water partition coefficient (Wildman–Crippen LogP) is 2.53. The summed E-state index contributed by atoms with van der Waals surface area (Å²) < 4.78 is 0. The van der Waals surface area contributed by atoms with Crippen molar-refractivity contribution in [1.29, 1.82) is 0 Å². The molecule has 0 aliphatic heterocycles. The number of rotatable bonds is 5. The lowest BCUT2D eigenvalue weighted by atomic mass is 10.1. The van der Waals surface area contributed by atoms with Crippen LogP contribution in [-0.4, -0.2) is 23.0 Å². The molecule has 2 unspecified atom stereocenters. The summed E-state index contributed by atoms with van der Waals surface area (Å²) in [7, 11) is 0. The SMILES string of the molecule is NC(C1CC1)C(CO)Sc1cccc(Cl)c1. The molecule has 1 aliphatic carbocycles. The van der Waals surface area contributed by atoms with Gasteiger partial charge in [0.25, 0.3) is 0 Å². The summed E-state index contributed by atoms with van der Waals surface area (Å²) in [6.07, 6.45) is 2.40. The van der Waals surface area contributed by atoms with E-state index >= 15 is 0 Å². The summed E-state index contributed by atoms with van der Waals surface area (Å²) in [5.74, 6) is 0.601. The first-order valence-electron chi connectivity index (χ1n) is 5.49. The highest BCUT2D eigenvalue weighted by molar-refractivity contribution is 8.00. The second-order valence-electron chi connectivity index (χ2n) is 4.21. The first-order chi connectivity index (χ1) is 7.70. The van der Waals surface area contributed by atoms with Gasteiger partial charge in [-0.15, -0.1) is 11.8 Å². The van der Waals surface area contributed by atoms with E-state index in [0.717, 1.165) is 9.92 Å². The fourth-order valence-corrected chi connectivity index (χ4v) is 3.15. The number of aliphatic hydroxyl groups is 1. The van der Waals surface area contributed by atoms with Crippen LogP contribution in [0.4, 0.5) is 0 Å². The van der Waals surface area contributed by atoms with Gasteiger partial charge in [-0.25, -0.2) is 0 Å². The first kappa shape index (κ1) is 12.2. The number of hydrogen-bond acceptors (Lipinski definition) is 3. The third-order valence-electron chi connectivity index (χ3n) is 2.86. The zero-order valence-electron chi connectivity index (χ0n) is 8.97. The Labute approximate surface area is 105 Å². The van der Waals surface area contributed by atoms with Crippen LogP contribution in [0.3, 0.4) is 0 Å². The van der Waals surface area contributed by atoms with Gasteiger partial charge in [0.05, 0.1) is 6.61 Å². The van der Waals surface area contributed by atoms with Crippen molar-refractivity contribution in [3.63, 3.8) is 0 Å². The van der Waals surface area contributed by atoms with Crippen molar-refractivity contribution in [2.75, 3.05) is 6.61 Å². The fraction of sp³-hybridized carbons (Fsp3) is 0.500. The van der Waals surface area contributed by atoms with Crippen molar-refractivity contribution in [3.05, 3.63) is 29.3 Å². The summed E-state index contributed by atoms with van der Waals surface area (Å²) in [5.41, 5.74) is 6.11. The lowest BCUT2D eigenvalue weighted by Crippen LogP contribution is -2.36. The molecule has 2 nitrogen and oxygen atoms in total. The van der Waals surface area contributed by atoms with Gasteiger partial charge in [-0.3, -0.25) is 0 Å². The molecule has 0 radical (unpaired) electrons. The monoisotopic (exact) mass is 257 g/mol. The Balaban J connectivity index is 2.00. The van der Waals surface area contributed by atoms with Gasteiger partial charge in [0.2, 0.25) is 0 Å². The standard InChI is InChI=1S/C12H16ClNOS/c13-9-2-1-3-10(6-9)16-11(7-15)12(14)8-4-5-8/h1-3,6,8,11-12,15H,4-5,7,14H2. The van der Waals surface area contributed by atoms with Crippen LogP contribution in [0.2, 0.25) is 5.02 Å². The van der Waals surface area contributed by atoms with Gasteiger partial charge in [0, 0.05) is 21.2 Å². The molecule has 1 saturated carbocycles. The van der Waals surface area contributed by atoms with Crippen LogP contribution in [0.15, 0.2) is 29.2 Å². The van der Waals surface area contributed by atoms with Crippen molar-refractivity contribution in [1.82, 2.24) is 0 Å². The molecule has 88 valence electrons. The molecule has 0 aromatic heterocycles. The van der Waals surface area contributed by atoms with E-state index in [0.29, 0.717) is 5.92 Å². The Morgan fingerprint density at radius 2 is 2.25 bits per heavy atom. The fourth-order valence-electron chi connectivity index (χ4n) is 1.74. The number of hydrogen-bond donors (Lipinski definition) is 2. The lowest BCUT2D eigenvalue weighted by molar-refractivity contribution is 0.277. The number of benzene rings is 1. The smallest absolute Gasteiger partial charge is 0.0568 e. The maximum Gasteiger partial charge on any atom is 0.0568 e. The van der Waals surface area contributed by atoms with E-state index < -0.39 is 0 Å². The largest absolute Gasteiger partial charge is 0.395 e. The van der Waals surface area contributed by atoms with E-state index in [2.05, 4.69) is 0 Å². The Bertz CT molecular complexity index is 357. The molecule has 1 aromatic rings. The Morgan fingerprint density at radius 1 is 1.50 bits per heavy atom. The van der Waals surface area contributed by atoms with E-state index in [-0.39, 0.29) is 17.9 Å². The highest BCUT2D eigenvalue weighted by Crippen LogP contribution is 2.37. The summed E-state index contributed by atoms with van der Waals surface area (Å²) in [6, 6.07) is 7.77. The highest BCUT2D eigenvalue weighted by atomic mass is 35.5. The topological polar surface area (TPSA) is 46.2 Å². The van der Waals surface area contributed by atoms with E-state index in [1.165, 1.54) is 12.8 Å². The minimum absolute atomic E-state index is 0.0750. The van der Waals surface area contributed by atoms with E-state index in [9.17, 15) is 5.11 Å². The molecular formula is C12H16ClNOS. The highest BCUT2D eigenvalue weighted by Gasteiger charge is 2.34. The van der Waals surface area contributed by atoms with Crippen LogP contribution in [0.25, 0.3) is 0 Å². The summed E-state index contributed by atoms with van der Waals surface area (Å²) in [5, 5.41) is 10.2. The second kappa shape index (κ2) is 5.41. The van der Waals surface area contributed by atoms with E-state index in [1.807, 2.05) is 24.3 Å². The Kier molecular flexibility index (Phi) is 4.14. The van der Waals surface area contributed by atoms with Crippen LogP contribution in [-0.2, 0) is 0 Å². The first-order valence-corrected chi connectivity index (χ1v) is 6.75. The van der Waals surface area contributed by atoms with E-state index in [4.69, 9.17) is 17.3 Å². The minimum Gasteiger partial charge on any atom is -0.395 e. The van der Waals surface area contributed by atoms with Gasteiger partial charge in [0.1, 0.15) is 0 Å². The molecule has 0 heterocycles. The summed E-state index contributed by atoms with van der Waals surface area (Å²) in [4.78, 5) is 1.07. The molecule has 2 atom stereocenters. The van der Waals surface area contributed by atoms with Crippen LogP contribution >= 0.6 is 23.4 Å². The lowest BCUT2D eigenvalue weighted by Gasteiger charge is -2.21. The normalized spacial score (nSPS) is 19.4. The van der Waals surface area contributed by atoms with Gasteiger partial charge in [-0.05, 0) is 37.0 Å². The van der Waals surface area contributed by atoms with Crippen LogP contribution < -0.4 is 5.73 Å². The van der Waals surface area contributed by atoms with Gasteiger partial charge in [-0.1, -0.05) is 17.7 Å². The van der Waals surface area contributed by atoms with Crippen molar-refractivity contribution in [3.8, 4) is 0 Å². The van der Waals surface area contributed by atoms with Crippen LogP contribution in [0, 0.1) is 5.92 Å². The minimum atomic E-state index is 0.0750. The molecule has 0 bridgehead atoms. The molecule has 1 fully saturated rings. The molecule has 1 aliphatic rings. The average molecular weight is 258 g/mol. The quantitative estimate of drug-likeness (QED) is 0.797. The molecular weight excluding hydrogens is 242 g/mol. The molecule has 2 rings (SSSR count). The summed E-state index contributed by atoms with van der Waals surface area (Å²) in [6.45, 7) is 0.120. The maximum absolute atomic E-state index is 9.37.